The second-order valence-corrected chi connectivity index (χ2v) is 12.5. The number of hydrogen-bond acceptors (Lipinski definition) is 6. The van der Waals surface area contributed by atoms with Crippen molar-refractivity contribution in [2.45, 2.75) is 29.6 Å². The highest BCUT2D eigenvalue weighted by molar-refractivity contribution is 7.92. The quantitative estimate of drug-likeness (QED) is 0.416. The van der Waals surface area contributed by atoms with Gasteiger partial charge in [-0.05, 0) is 67.8 Å². The summed E-state index contributed by atoms with van der Waals surface area (Å²) in [6.07, 6.45) is 1.58. The lowest BCUT2D eigenvalue weighted by Gasteiger charge is -2.18. The average Bonchev–Trinajstić information content (AvgIpc) is 3.41. The van der Waals surface area contributed by atoms with Crippen LogP contribution in [-0.2, 0) is 20.0 Å². The number of rotatable bonds is 8. The number of sulfonamides is 2. The summed E-state index contributed by atoms with van der Waals surface area (Å²) in [7, 11) is -6.45. The van der Waals surface area contributed by atoms with E-state index in [1.54, 1.807) is 31.2 Å². The molecule has 0 radical (unpaired) electrons. The third kappa shape index (κ3) is 5.74. The summed E-state index contributed by atoms with van der Waals surface area (Å²) in [6, 6.07) is 14.9. The van der Waals surface area contributed by atoms with Crippen molar-refractivity contribution in [2.24, 2.45) is 0 Å². The Labute approximate surface area is 221 Å². The molecule has 1 saturated heterocycles. The summed E-state index contributed by atoms with van der Waals surface area (Å²) in [5.74, 6) is -0.422. The van der Waals surface area contributed by atoms with Crippen LogP contribution in [0.4, 0.5) is 11.4 Å². The number of aryl methyl sites for hydroxylation is 1. The molecule has 0 aliphatic carbocycles. The average molecular weight is 564 g/mol. The third-order valence-corrected chi connectivity index (χ3v) is 9.74. The molecule has 37 heavy (non-hydrogen) atoms. The number of carbonyl (C=O) groups excluding carboxylic acids is 1. The molecule has 12 heteroatoms. The summed E-state index contributed by atoms with van der Waals surface area (Å²) >= 11 is 6.19. The normalized spacial score (nSPS) is 14.4. The number of nitrogens with zero attached hydrogens (tertiary/aromatic N) is 1. The van der Waals surface area contributed by atoms with Gasteiger partial charge in [-0.2, -0.15) is 4.31 Å². The molecule has 3 aromatic carbocycles. The van der Waals surface area contributed by atoms with Crippen LogP contribution >= 0.6 is 11.6 Å². The highest BCUT2D eigenvalue weighted by atomic mass is 35.5. The van der Waals surface area contributed by atoms with E-state index in [4.69, 9.17) is 16.3 Å². The zero-order chi connectivity index (χ0) is 26.8. The Morgan fingerprint density at radius 3 is 2.32 bits per heavy atom. The molecule has 9 nitrogen and oxygen atoms in total. The molecule has 1 heterocycles. The SMILES string of the molecule is COc1ccc(S(=O)(=O)N2CCCC2)cc1NC(=O)c1ccc(Cl)c(S(=O)(=O)Nc2ccccc2C)c1. The van der Waals surface area contributed by atoms with Gasteiger partial charge in [-0.3, -0.25) is 9.52 Å². The van der Waals surface area contributed by atoms with Crippen molar-refractivity contribution in [1.82, 2.24) is 4.31 Å². The maximum absolute atomic E-state index is 13.1. The maximum atomic E-state index is 13.1. The monoisotopic (exact) mass is 563 g/mol. The zero-order valence-corrected chi connectivity index (χ0v) is 22.6. The van der Waals surface area contributed by atoms with Gasteiger partial charge < -0.3 is 10.1 Å². The lowest BCUT2D eigenvalue weighted by Crippen LogP contribution is -2.28. The van der Waals surface area contributed by atoms with Crippen LogP contribution in [-0.4, -0.2) is 47.2 Å². The molecular formula is C25H26ClN3O6S2. The predicted molar refractivity (Wildman–Crippen MR) is 142 cm³/mol. The lowest BCUT2D eigenvalue weighted by atomic mass is 10.2. The fourth-order valence-electron chi connectivity index (χ4n) is 3.95. The van der Waals surface area contributed by atoms with E-state index < -0.39 is 26.0 Å². The van der Waals surface area contributed by atoms with Gasteiger partial charge in [-0.1, -0.05) is 29.8 Å². The van der Waals surface area contributed by atoms with E-state index in [1.807, 2.05) is 0 Å². The molecule has 1 aliphatic heterocycles. The summed E-state index contributed by atoms with van der Waals surface area (Å²) in [5, 5.41) is 2.57. The van der Waals surface area contributed by atoms with Crippen LogP contribution in [0, 0.1) is 6.92 Å². The molecule has 0 unspecified atom stereocenters. The van der Waals surface area contributed by atoms with Crippen molar-refractivity contribution in [1.29, 1.82) is 0 Å². The van der Waals surface area contributed by atoms with E-state index >= 15 is 0 Å². The Morgan fingerprint density at radius 1 is 0.946 bits per heavy atom. The Morgan fingerprint density at radius 2 is 1.65 bits per heavy atom. The number of amides is 1. The molecule has 0 bridgehead atoms. The topological polar surface area (TPSA) is 122 Å². The molecule has 3 aromatic rings. The predicted octanol–water partition coefficient (Wildman–Crippen LogP) is 4.49. The van der Waals surface area contributed by atoms with Gasteiger partial charge in [0, 0.05) is 18.7 Å². The van der Waals surface area contributed by atoms with Crippen molar-refractivity contribution in [3.63, 3.8) is 0 Å². The lowest BCUT2D eigenvalue weighted by molar-refractivity contribution is 0.102. The smallest absolute Gasteiger partial charge is 0.263 e. The number of methoxy groups -OCH3 is 1. The van der Waals surface area contributed by atoms with E-state index in [1.165, 1.54) is 41.7 Å². The first-order valence-corrected chi connectivity index (χ1v) is 14.7. The highest BCUT2D eigenvalue weighted by Crippen LogP contribution is 2.31. The molecule has 0 aromatic heterocycles. The van der Waals surface area contributed by atoms with Gasteiger partial charge in [-0.25, -0.2) is 16.8 Å². The minimum atomic E-state index is -4.12. The number of nitrogens with one attached hydrogen (secondary N) is 2. The summed E-state index contributed by atoms with van der Waals surface area (Å²) in [4.78, 5) is 12.9. The molecule has 196 valence electrons. The van der Waals surface area contributed by atoms with Gasteiger partial charge in [0.1, 0.15) is 10.6 Å². The Bertz CT molecular complexity index is 1550. The molecule has 4 rings (SSSR count). The summed E-state index contributed by atoms with van der Waals surface area (Å²) in [6.45, 7) is 2.64. The van der Waals surface area contributed by atoms with Crippen molar-refractivity contribution in [2.75, 3.05) is 30.2 Å². The minimum absolute atomic E-state index is 0.00409. The minimum Gasteiger partial charge on any atom is -0.495 e. The molecule has 0 atom stereocenters. The van der Waals surface area contributed by atoms with E-state index in [2.05, 4.69) is 10.0 Å². The third-order valence-electron chi connectivity index (χ3n) is 5.99. The number of ether oxygens (including phenoxy) is 1. The Kier molecular flexibility index (Phi) is 7.79. The zero-order valence-electron chi connectivity index (χ0n) is 20.2. The Hall–Kier alpha value is -3.12. The molecule has 1 aliphatic rings. The first kappa shape index (κ1) is 26.9. The van der Waals surface area contributed by atoms with E-state index in [-0.39, 0.29) is 31.8 Å². The fraction of sp³-hybridized carbons (Fsp3) is 0.240. The molecular weight excluding hydrogens is 538 g/mol. The number of para-hydroxylation sites is 1. The summed E-state index contributed by atoms with van der Waals surface area (Å²) in [5.41, 5.74) is 1.23. The molecule has 0 saturated carbocycles. The highest BCUT2D eigenvalue weighted by Gasteiger charge is 2.28. The second kappa shape index (κ2) is 10.7. The van der Waals surface area contributed by atoms with Crippen LogP contribution in [0.5, 0.6) is 5.75 Å². The van der Waals surface area contributed by atoms with Crippen LogP contribution in [0.1, 0.15) is 28.8 Å². The largest absolute Gasteiger partial charge is 0.495 e. The van der Waals surface area contributed by atoms with Gasteiger partial charge >= 0.3 is 0 Å². The molecule has 1 fully saturated rings. The van der Waals surface area contributed by atoms with Crippen molar-refractivity contribution < 1.29 is 26.4 Å². The number of halogens is 1. The van der Waals surface area contributed by atoms with E-state index in [0.717, 1.165) is 18.9 Å². The van der Waals surface area contributed by atoms with Crippen LogP contribution in [0.3, 0.4) is 0 Å². The Balaban J connectivity index is 1.63. The van der Waals surface area contributed by atoms with Gasteiger partial charge in [0.25, 0.3) is 15.9 Å². The van der Waals surface area contributed by atoms with E-state index in [9.17, 15) is 21.6 Å². The molecule has 2 N–H and O–H groups in total. The first-order chi connectivity index (χ1) is 17.5. The van der Waals surface area contributed by atoms with Crippen molar-refractivity contribution >= 4 is 48.9 Å². The van der Waals surface area contributed by atoms with Gasteiger partial charge in [-0.15, -0.1) is 0 Å². The first-order valence-electron chi connectivity index (χ1n) is 11.4. The van der Waals surface area contributed by atoms with Crippen LogP contribution in [0.25, 0.3) is 0 Å². The van der Waals surface area contributed by atoms with Crippen molar-refractivity contribution in [3.05, 3.63) is 76.8 Å². The number of benzene rings is 3. The fourth-order valence-corrected chi connectivity index (χ4v) is 7.16. The standard InChI is InChI=1S/C25H26ClN3O6S2/c1-17-7-3-4-8-21(17)28-36(31,32)24-15-18(9-11-20(24)26)25(30)27-22-16-19(10-12-23(22)35-2)37(33,34)29-13-5-6-14-29/h3-4,7-12,15-16,28H,5-6,13-14H2,1-2H3,(H,27,30). The second-order valence-electron chi connectivity index (χ2n) is 8.49. The number of hydrogen-bond donors (Lipinski definition) is 2. The number of carbonyl (C=O) groups is 1. The van der Waals surface area contributed by atoms with E-state index in [0.29, 0.717) is 24.3 Å². The van der Waals surface area contributed by atoms with Crippen LogP contribution < -0.4 is 14.8 Å². The van der Waals surface area contributed by atoms with Gasteiger partial charge in [0.2, 0.25) is 10.0 Å². The summed E-state index contributed by atoms with van der Waals surface area (Å²) < 4.78 is 61.3. The molecule has 1 amide bonds. The maximum Gasteiger partial charge on any atom is 0.263 e. The molecule has 0 spiro atoms. The van der Waals surface area contributed by atoms with Gasteiger partial charge in [0.05, 0.1) is 28.4 Å². The van der Waals surface area contributed by atoms with Crippen LogP contribution in [0.15, 0.2) is 70.5 Å². The number of anilines is 2. The van der Waals surface area contributed by atoms with Crippen LogP contribution in [0.2, 0.25) is 5.02 Å². The van der Waals surface area contributed by atoms with Crippen molar-refractivity contribution in [3.8, 4) is 5.75 Å². The van der Waals surface area contributed by atoms with Gasteiger partial charge in [0.15, 0.2) is 0 Å².